The fourth-order valence-electron chi connectivity index (χ4n) is 7.04. The molecule has 0 aromatic carbocycles. The minimum absolute atomic E-state index is 0.162. The van der Waals surface area contributed by atoms with E-state index in [0.29, 0.717) is 22.5 Å². The van der Waals surface area contributed by atoms with Crippen LogP contribution in [0.25, 0.3) is 0 Å². The summed E-state index contributed by atoms with van der Waals surface area (Å²) < 4.78 is 0. The van der Waals surface area contributed by atoms with Gasteiger partial charge in [-0.3, -0.25) is 4.79 Å². The van der Waals surface area contributed by atoms with Crippen molar-refractivity contribution in [1.82, 2.24) is 5.32 Å². The van der Waals surface area contributed by atoms with Gasteiger partial charge in [-0.2, -0.15) is 0 Å². The van der Waals surface area contributed by atoms with Gasteiger partial charge in [0.1, 0.15) is 0 Å². The summed E-state index contributed by atoms with van der Waals surface area (Å²) >= 11 is 0. The topological polar surface area (TPSA) is 29.1 Å². The molecule has 24 heavy (non-hydrogen) atoms. The molecule has 0 amide bonds. The molecule has 0 bridgehead atoms. The Labute approximate surface area is 148 Å². The first kappa shape index (κ1) is 18.2. The van der Waals surface area contributed by atoms with E-state index in [1.165, 1.54) is 37.7 Å². The monoisotopic (exact) mass is 331 g/mol. The highest BCUT2D eigenvalue weighted by molar-refractivity contribution is 5.96. The molecule has 2 fully saturated rings. The fourth-order valence-corrected chi connectivity index (χ4v) is 7.04. The maximum absolute atomic E-state index is 13.4. The molecule has 3 aliphatic carbocycles. The Morgan fingerprint density at radius 1 is 1.12 bits per heavy atom. The van der Waals surface area contributed by atoms with E-state index in [0.717, 1.165) is 31.7 Å². The predicted molar refractivity (Wildman–Crippen MR) is 101 cm³/mol. The Bertz CT molecular complexity index is 534. The molecule has 3 aliphatic rings. The Hall–Kier alpha value is -0.630. The molecule has 0 spiro atoms. The van der Waals surface area contributed by atoms with Crippen LogP contribution in [0.4, 0.5) is 0 Å². The molecule has 0 aromatic heterocycles. The summed E-state index contributed by atoms with van der Waals surface area (Å²) in [6, 6.07) is 0. The van der Waals surface area contributed by atoms with Crippen LogP contribution in [-0.4, -0.2) is 19.4 Å². The molecule has 2 heteroatoms. The van der Waals surface area contributed by atoms with E-state index < -0.39 is 0 Å². The summed E-state index contributed by atoms with van der Waals surface area (Å²) in [6.07, 6.45) is 11.7. The molecule has 1 N–H and O–H groups in total. The summed E-state index contributed by atoms with van der Waals surface area (Å²) in [5.41, 5.74) is 1.96. The van der Waals surface area contributed by atoms with Crippen molar-refractivity contribution in [1.29, 1.82) is 0 Å². The van der Waals surface area contributed by atoms with Crippen molar-refractivity contribution >= 4 is 5.78 Å². The number of nitrogens with one attached hydrogen (secondary N) is 1. The van der Waals surface area contributed by atoms with Gasteiger partial charge >= 0.3 is 0 Å². The molecular weight excluding hydrogens is 294 g/mol. The SMILES string of the molecule is CCC1=CC(=O)C2(CNC)CCC3C(C)(C)CCCC3(C)C2CC1. The van der Waals surface area contributed by atoms with Crippen molar-refractivity contribution in [3.05, 3.63) is 11.6 Å². The second-order valence-corrected chi connectivity index (χ2v) is 9.74. The van der Waals surface area contributed by atoms with Gasteiger partial charge in [0.2, 0.25) is 0 Å². The number of carbonyl (C=O) groups is 1. The van der Waals surface area contributed by atoms with Crippen LogP contribution >= 0.6 is 0 Å². The molecule has 4 atom stereocenters. The lowest BCUT2D eigenvalue weighted by Crippen LogP contribution is -2.59. The summed E-state index contributed by atoms with van der Waals surface area (Å²) in [6.45, 7) is 10.6. The minimum Gasteiger partial charge on any atom is -0.319 e. The normalized spacial score (nSPS) is 41.9. The van der Waals surface area contributed by atoms with E-state index >= 15 is 0 Å². The van der Waals surface area contributed by atoms with Crippen LogP contribution in [0.2, 0.25) is 0 Å². The minimum atomic E-state index is -0.162. The molecule has 2 nitrogen and oxygen atoms in total. The second kappa shape index (κ2) is 6.27. The predicted octanol–water partition coefficient (Wildman–Crippen LogP) is 5.13. The highest BCUT2D eigenvalue weighted by atomic mass is 16.1. The quantitative estimate of drug-likeness (QED) is 0.776. The number of carbonyl (C=O) groups excluding carboxylic acids is 1. The average Bonchev–Trinajstić information content (AvgIpc) is 2.65. The molecule has 0 saturated heterocycles. The van der Waals surface area contributed by atoms with Crippen LogP contribution in [-0.2, 0) is 4.79 Å². The van der Waals surface area contributed by atoms with E-state index in [2.05, 4.69) is 33.0 Å². The Kier molecular flexibility index (Phi) is 4.75. The molecule has 3 rings (SSSR count). The molecule has 0 aliphatic heterocycles. The van der Waals surface area contributed by atoms with Crippen molar-refractivity contribution in [2.24, 2.45) is 28.1 Å². The zero-order valence-corrected chi connectivity index (χ0v) is 16.5. The number of allylic oxidation sites excluding steroid dienone is 2. The summed E-state index contributed by atoms with van der Waals surface area (Å²) in [4.78, 5) is 13.4. The lowest BCUT2D eigenvalue weighted by atomic mass is 9.42. The number of hydrogen-bond donors (Lipinski definition) is 1. The summed E-state index contributed by atoms with van der Waals surface area (Å²) in [7, 11) is 2.02. The van der Waals surface area contributed by atoms with Crippen LogP contribution in [0.5, 0.6) is 0 Å². The number of hydrogen-bond acceptors (Lipinski definition) is 2. The first-order chi connectivity index (χ1) is 11.3. The lowest BCUT2D eigenvalue weighted by Gasteiger charge is -2.62. The third-order valence-corrected chi connectivity index (χ3v) is 8.14. The zero-order valence-electron chi connectivity index (χ0n) is 16.5. The smallest absolute Gasteiger partial charge is 0.163 e. The van der Waals surface area contributed by atoms with Gasteiger partial charge in [0, 0.05) is 12.0 Å². The van der Waals surface area contributed by atoms with Gasteiger partial charge in [0.25, 0.3) is 0 Å². The van der Waals surface area contributed by atoms with Gasteiger partial charge in [-0.05, 0) is 80.7 Å². The second-order valence-electron chi connectivity index (χ2n) is 9.74. The lowest BCUT2D eigenvalue weighted by molar-refractivity contribution is -0.156. The highest BCUT2D eigenvalue weighted by Gasteiger charge is 2.61. The van der Waals surface area contributed by atoms with Crippen molar-refractivity contribution in [2.75, 3.05) is 13.6 Å². The van der Waals surface area contributed by atoms with Crippen molar-refractivity contribution in [2.45, 2.75) is 79.1 Å². The van der Waals surface area contributed by atoms with Gasteiger partial charge in [-0.25, -0.2) is 0 Å². The first-order valence-corrected chi connectivity index (χ1v) is 10.2. The molecule has 2 saturated carbocycles. The largest absolute Gasteiger partial charge is 0.319 e. The van der Waals surface area contributed by atoms with Crippen LogP contribution < -0.4 is 5.32 Å². The Balaban J connectivity index is 2.06. The third kappa shape index (κ3) is 2.60. The van der Waals surface area contributed by atoms with E-state index in [1.807, 2.05) is 13.1 Å². The standard InChI is InChI=1S/C22H37NO/c1-6-16-8-9-18-21(4)12-7-11-20(2,3)17(21)10-13-22(18,15-23-5)19(24)14-16/h14,17-18,23H,6-13,15H2,1-5H3. The molecule has 0 aromatic rings. The highest BCUT2D eigenvalue weighted by Crippen LogP contribution is 2.66. The zero-order chi connectivity index (χ0) is 17.6. The van der Waals surface area contributed by atoms with Crippen molar-refractivity contribution < 1.29 is 4.79 Å². The van der Waals surface area contributed by atoms with Crippen LogP contribution in [0.1, 0.15) is 79.1 Å². The third-order valence-electron chi connectivity index (χ3n) is 8.14. The molecule has 136 valence electrons. The van der Waals surface area contributed by atoms with Gasteiger partial charge in [-0.15, -0.1) is 0 Å². The van der Waals surface area contributed by atoms with Crippen molar-refractivity contribution in [3.8, 4) is 0 Å². The van der Waals surface area contributed by atoms with E-state index in [4.69, 9.17) is 0 Å². The Morgan fingerprint density at radius 3 is 2.54 bits per heavy atom. The average molecular weight is 332 g/mol. The van der Waals surface area contributed by atoms with Crippen molar-refractivity contribution in [3.63, 3.8) is 0 Å². The number of rotatable bonds is 3. The van der Waals surface area contributed by atoms with E-state index in [9.17, 15) is 4.79 Å². The van der Waals surface area contributed by atoms with Gasteiger partial charge in [-0.1, -0.05) is 39.7 Å². The van der Waals surface area contributed by atoms with Gasteiger partial charge in [0.05, 0.1) is 0 Å². The van der Waals surface area contributed by atoms with E-state index in [-0.39, 0.29) is 5.41 Å². The van der Waals surface area contributed by atoms with Crippen LogP contribution in [0.15, 0.2) is 11.6 Å². The first-order valence-electron chi connectivity index (χ1n) is 10.2. The Morgan fingerprint density at radius 2 is 1.88 bits per heavy atom. The molecule has 0 radical (unpaired) electrons. The number of fused-ring (bicyclic) bond motifs is 3. The summed E-state index contributed by atoms with van der Waals surface area (Å²) in [5, 5.41) is 3.40. The van der Waals surface area contributed by atoms with E-state index in [1.54, 1.807) is 0 Å². The van der Waals surface area contributed by atoms with Crippen LogP contribution in [0.3, 0.4) is 0 Å². The van der Waals surface area contributed by atoms with Crippen LogP contribution in [0, 0.1) is 28.1 Å². The molecule has 0 heterocycles. The maximum Gasteiger partial charge on any atom is 0.163 e. The van der Waals surface area contributed by atoms with Gasteiger partial charge < -0.3 is 5.32 Å². The summed E-state index contributed by atoms with van der Waals surface area (Å²) in [5.74, 6) is 1.73. The maximum atomic E-state index is 13.4. The molecule has 4 unspecified atom stereocenters. The fraction of sp³-hybridized carbons (Fsp3) is 0.864. The molecular formula is C22H37NO. The number of ketones is 1. The van der Waals surface area contributed by atoms with Gasteiger partial charge in [0.15, 0.2) is 5.78 Å².